The van der Waals surface area contributed by atoms with E-state index in [0.29, 0.717) is 13.0 Å². The number of carbonyl (C=O) groups is 1. The third-order valence-electron chi connectivity index (χ3n) is 2.21. The van der Waals surface area contributed by atoms with Crippen LogP contribution in [0.15, 0.2) is 6.33 Å². The number of hydrogen-bond acceptors (Lipinski definition) is 4. The lowest BCUT2D eigenvalue weighted by Gasteiger charge is -2.03. The van der Waals surface area contributed by atoms with Crippen molar-refractivity contribution in [2.75, 3.05) is 20.1 Å². The Bertz CT molecular complexity index is 285. The van der Waals surface area contributed by atoms with Crippen LogP contribution in [0.4, 0.5) is 0 Å². The third kappa shape index (κ3) is 5.45. The van der Waals surface area contributed by atoms with E-state index in [2.05, 4.69) is 25.8 Å². The Morgan fingerprint density at radius 1 is 1.44 bits per heavy atom. The van der Waals surface area contributed by atoms with Crippen LogP contribution in [-0.4, -0.2) is 41.2 Å². The van der Waals surface area contributed by atoms with Gasteiger partial charge in [0.05, 0.1) is 0 Å². The Balaban J connectivity index is 1.96. The number of rotatable bonds is 8. The molecular weight excluding hydrogens is 206 g/mol. The van der Waals surface area contributed by atoms with Crippen molar-refractivity contribution in [2.24, 2.45) is 0 Å². The summed E-state index contributed by atoms with van der Waals surface area (Å²) in [4.78, 5) is 15.3. The average molecular weight is 225 g/mol. The zero-order chi connectivity index (χ0) is 11.6. The number of carbonyl (C=O) groups excluding carboxylic acids is 1. The Kier molecular flexibility index (Phi) is 6.17. The normalized spacial score (nSPS) is 10.3. The van der Waals surface area contributed by atoms with Gasteiger partial charge in [-0.15, -0.1) is 0 Å². The monoisotopic (exact) mass is 225 g/mol. The molecule has 1 rings (SSSR count). The fourth-order valence-corrected chi connectivity index (χ4v) is 1.35. The van der Waals surface area contributed by atoms with E-state index in [4.69, 9.17) is 0 Å². The quantitative estimate of drug-likeness (QED) is 0.537. The van der Waals surface area contributed by atoms with E-state index in [1.54, 1.807) is 0 Å². The van der Waals surface area contributed by atoms with Gasteiger partial charge < -0.3 is 10.6 Å². The molecule has 6 heteroatoms. The lowest BCUT2D eigenvalue weighted by atomic mass is 10.2. The summed E-state index contributed by atoms with van der Waals surface area (Å²) in [5.41, 5.74) is 0. The Hall–Kier alpha value is -1.43. The van der Waals surface area contributed by atoms with Gasteiger partial charge in [-0.05, 0) is 26.4 Å². The van der Waals surface area contributed by atoms with Crippen LogP contribution < -0.4 is 10.6 Å². The van der Waals surface area contributed by atoms with E-state index >= 15 is 0 Å². The van der Waals surface area contributed by atoms with Gasteiger partial charge in [-0.3, -0.25) is 9.89 Å². The zero-order valence-corrected chi connectivity index (χ0v) is 9.62. The molecule has 0 aliphatic carbocycles. The molecule has 0 aliphatic rings. The molecule has 0 saturated carbocycles. The minimum atomic E-state index is 0.118. The second kappa shape index (κ2) is 7.81. The molecule has 16 heavy (non-hydrogen) atoms. The minimum Gasteiger partial charge on any atom is -0.356 e. The van der Waals surface area contributed by atoms with Crippen LogP contribution in [0.5, 0.6) is 0 Å². The third-order valence-corrected chi connectivity index (χ3v) is 2.21. The maximum Gasteiger partial charge on any atom is 0.220 e. The highest BCUT2D eigenvalue weighted by molar-refractivity contribution is 5.75. The van der Waals surface area contributed by atoms with E-state index in [-0.39, 0.29) is 5.91 Å². The number of amides is 1. The molecule has 0 bridgehead atoms. The molecule has 0 saturated heterocycles. The summed E-state index contributed by atoms with van der Waals surface area (Å²) >= 11 is 0. The van der Waals surface area contributed by atoms with Crippen molar-refractivity contribution < 1.29 is 4.79 Å². The summed E-state index contributed by atoms with van der Waals surface area (Å²) < 4.78 is 0. The van der Waals surface area contributed by atoms with Crippen molar-refractivity contribution in [1.82, 2.24) is 25.8 Å². The molecule has 0 atom stereocenters. The molecule has 0 radical (unpaired) electrons. The van der Waals surface area contributed by atoms with Crippen molar-refractivity contribution in [2.45, 2.75) is 25.7 Å². The first kappa shape index (κ1) is 12.6. The van der Waals surface area contributed by atoms with Gasteiger partial charge in [0, 0.05) is 19.4 Å². The number of aromatic nitrogens is 3. The van der Waals surface area contributed by atoms with Crippen molar-refractivity contribution in [3.63, 3.8) is 0 Å². The summed E-state index contributed by atoms with van der Waals surface area (Å²) in [6.45, 7) is 1.57. The van der Waals surface area contributed by atoms with Crippen molar-refractivity contribution in [3.05, 3.63) is 12.2 Å². The molecule has 0 fully saturated rings. The average Bonchev–Trinajstić information content (AvgIpc) is 2.78. The van der Waals surface area contributed by atoms with Crippen molar-refractivity contribution in [3.8, 4) is 0 Å². The van der Waals surface area contributed by atoms with Gasteiger partial charge in [-0.1, -0.05) is 0 Å². The fraction of sp³-hybridized carbons (Fsp3) is 0.700. The molecule has 0 unspecified atom stereocenters. The molecule has 90 valence electrons. The Labute approximate surface area is 95.2 Å². The minimum absolute atomic E-state index is 0.118. The van der Waals surface area contributed by atoms with Crippen molar-refractivity contribution in [1.29, 1.82) is 0 Å². The van der Waals surface area contributed by atoms with E-state index in [9.17, 15) is 4.79 Å². The number of aromatic amines is 1. The SMILES string of the molecule is CNCCCC(=O)NCCCc1ncn[nH]1. The number of nitrogens with one attached hydrogen (secondary N) is 3. The van der Waals surface area contributed by atoms with Gasteiger partial charge in [0.15, 0.2) is 0 Å². The van der Waals surface area contributed by atoms with Crippen LogP contribution in [0.1, 0.15) is 25.1 Å². The predicted molar refractivity (Wildman–Crippen MR) is 60.9 cm³/mol. The molecule has 6 nitrogen and oxygen atoms in total. The first-order chi connectivity index (χ1) is 7.83. The van der Waals surface area contributed by atoms with E-state index in [0.717, 1.165) is 31.6 Å². The van der Waals surface area contributed by atoms with Gasteiger partial charge in [0.2, 0.25) is 5.91 Å². The molecule has 1 amide bonds. The van der Waals surface area contributed by atoms with Gasteiger partial charge in [-0.2, -0.15) is 5.10 Å². The topological polar surface area (TPSA) is 82.7 Å². The molecule has 0 aliphatic heterocycles. The summed E-state index contributed by atoms with van der Waals surface area (Å²) in [6.07, 6.45) is 4.66. The number of hydrogen-bond donors (Lipinski definition) is 3. The molecular formula is C10H19N5O. The smallest absolute Gasteiger partial charge is 0.220 e. The van der Waals surface area contributed by atoms with Crippen LogP contribution in [0, 0.1) is 0 Å². The predicted octanol–water partition coefficient (Wildman–Crippen LogP) is -0.147. The molecule has 0 aromatic carbocycles. The van der Waals surface area contributed by atoms with Crippen LogP contribution in [0.2, 0.25) is 0 Å². The maximum atomic E-state index is 11.3. The van der Waals surface area contributed by atoms with Gasteiger partial charge in [0.25, 0.3) is 0 Å². The van der Waals surface area contributed by atoms with E-state index in [1.165, 1.54) is 6.33 Å². The highest BCUT2D eigenvalue weighted by atomic mass is 16.1. The standard InChI is InChI=1S/C10H19N5O/c1-11-6-3-5-10(16)12-7-2-4-9-13-8-14-15-9/h8,11H,2-7H2,1H3,(H,12,16)(H,13,14,15). The maximum absolute atomic E-state index is 11.3. The number of aryl methyl sites for hydroxylation is 1. The summed E-state index contributed by atoms with van der Waals surface area (Å²) in [5.74, 6) is 0.984. The Morgan fingerprint density at radius 2 is 2.31 bits per heavy atom. The van der Waals surface area contributed by atoms with Crippen LogP contribution in [0.3, 0.4) is 0 Å². The second-order valence-electron chi connectivity index (χ2n) is 3.59. The Morgan fingerprint density at radius 3 is 3.00 bits per heavy atom. The van der Waals surface area contributed by atoms with E-state index < -0.39 is 0 Å². The molecule has 1 aromatic heterocycles. The molecule has 0 spiro atoms. The molecule has 3 N–H and O–H groups in total. The van der Waals surface area contributed by atoms with E-state index in [1.807, 2.05) is 7.05 Å². The highest BCUT2D eigenvalue weighted by Gasteiger charge is 2.00. The van der Waals surface area contributed by atoms with Gasteiger partial charge >= 0.3 is 0 Å². The molecule has 1 heterocycles. The zero-order valence-electron chi connectivity index (χ0n) is 9.62. The van der Waals surface area contributed by atoms with Gasteiger partial charge in [-0.25, -0.2) is 4.98 Å². The number of nitrogens with zero attached hydrogens (tertiary/aromatic N) is 2. The van der Waals surface area contributed by atoms with Crippen molar-refractivity contribution >= 4 is 5.91 Å². The summed E-state index contributed by atoms with van der Waals surface area (Å²) in [5, 5.41) is 12.4. The fourth-order valence-electron chi connectivity index (χ4n) is 1.35. The lowest BCUT2D eigenvalue weighted by molar-refractivity contribution is -0.121. The van der Waals surface area contributed by atoms with Gasteiger partial charge in [0.1, 0.15) is 12.2 Å². The lowest BCUT2D eigenvalue weighted by Crippen LogP contribution is -2.25. The second-order valence-corrected chi connectivity index (χ2v) is 3.59. The van der Waals surface area contributed by atoms with Crippen LogP contribution in [0.25, 0.3) is 0 Å². The summed E-state index contributed by atoms with van der Waals surface area (Å²) in [6, 6.07) is 0. The summed E-state index contributed by atoms with van der Waals surface area (Å²) in [7, 11) is 1.88. The molecule has 1 aromatic rings. The van der Waals surface area contributed by atoms with Crippen LogP contribution in [-0.2, 0) is 11.2 Å². The first-order valence-corrected chi connectivity index (χ1v) is 5.58. The largest absolute Gasteiger partial charge is 0.356 e. The highest BCUT2D eigenvalue weighted by Crippen LogP contribution is 1.92. The first-order valence-electron chi connectivity index (χ1n) is 5.58. The van der Waals surface area contributed by atoms with Crippen LogP contribution >= 0.6 is 0 Å². The number of H-pyrrole nitrogens is 1.